The highest BCUT2D eigenvalue weighted by Crippen LogP contribution is 2.24. The van der Waals surface area contributed by atoms with Crippen molar-refractivity contribution in [2.24, 2.45) is 0 Å². The van der Waals surface area contributed by atoms with Gasteiger partial charge in [-0.1, -0.05) is 6.07 Å². The van der Waals surface area contributed by atoms with Crippen LogP contribution in [0, 0.1) is 0 Å². The SMILES string of the molecule is CCN(CCc1ccccn1)c1ccc(C(=O)O)cc1N. The second-order valence-electron chi connectivity index (χ2n) is 4.73. The zero-order valence-corrected chi connectivity index (χ0v) is 12.0. The van der Waals surface area contributed by atoms with E-state index in [-0.39, 0.29) is 5.56 Å². The lowest BCUT2D eigenvalue weighted by Crippen LogP contribution is -2.26. The van der Waals surface area contributed by atoms with Crippen LogP contribution in [0.15, 0.2) is 42.6 Å². The van der Waals surface area contributed by atoms with E-state index >= 15 is 0 Å². The van der Waals surface area contributed by atoms with Crippen LogP contribution in [0.5, 0.6) is 0 Å². The van der Waals surface area contributed by atoms with Crippen LogP contribution in [-0.2, 0) is 6.42 Å². The Hall–Kier alpha value is -2.56. The second kappa shape index (κ2) is 6.74. The first kappa shape index (κ1) is 14.8. The Bertz CT molecular complexity index is 614. The van der Waals surface area contributed by atoms with E-state index in [9.17, 15) is 4.79 Å². The van der Waals surface area contributed by atoms with Crippen molar-refractivity contribution in [3.05, 3.63) is 53.9 Å². The van der Waals surface area contributed by atoms with Crippen molar-refractivity contribution < 1.29 is 9.90 Å². The van der Waals surface area contributed by atoms with Crippen molar-refractivity contribution in [3.8, 4) is 0 Å². The molecule has 1 aromatic carbocycles. The van der Waals surface area contributed by atoms with Crippen molar-refractivity contribution in [2.45, 2.75) is 13.3 Å². The van der Waals surface area contributed by atoms with Gasteiger partial charge in [-0.15, -0.1) is 0 Å². The van der Waals surface area contributed by atoms with E-state index < -0.39 is 5.97 Å². The number of nitrogen functional groups attached to an aromatic ring is 1. The number of anilines is 2. The molecule has 0 saturated carbocycles. The summed E-state index contributed by atoms with van der Waals surface area (Å²) in [5.74, 6) is -0.968. The monoisotopic (exact) mass is 285 g/mol. The van der Waals surface area contributed by atoms with Gasteiger partial charge in [0.15, 0.2) is 0 Å². The summed E-state index contributed by atoms with van der Waals surface area (Å²) in [7, 11) is 0. The van der Waals surface area contributed by atoms with Crippen LogP contribution < -0.4 is 10.6 Å². The van der Waals surface area contributed by atoms with Crippen molar-refractivity contribution in [1.82, 2.24) is 4.98 Å². The summed E-state index contributed by atoms with van der Waals surface area (Å²) in [5, 5.41) is 8.97. The molecule has 0 atom stereocenters. The van der Waals surface area contributed by atoms with Crippen LogP contribution in [0.25, 0.3) is 0 Å². The van der Waals surface area contributed by atoms with E-state index in [4.69, 9.17) is 10.8 Å². The third kappa shape index (κ3) is 3.72. The molecule has 0 radical (unpaired) electrons. The molecule has 2 rings (SSSR count). The number of carbonyl (C=O) groups is 1. The first-order valence-electron chi connectivity index (χ1n) is 6.89. The van der Waals surface area contributed by atoms with Gasteiger partial charge in [0.25, 0.3) is 0 Å². The van der Waals surface area contributed by atoms with Gasteiger partial charge in [-0.25, -0.2) is 4.79 Å². The average molecular weight is 285 g/mol. The van der Waals surface area contributed by atoms with Crippen LogP contribution >= 0.6 is 0 Å². The quantitative estimate of drug-likeness (QED) is 0.797. The third-order valence-electron chi connectivity index (χ3n) is 3.36. The van der Waals surface area contributed by atoms with E-state index in [0.717, 1.165) is 30.9 Å². The summed E-state index contributed by atoms with van der Waals surface area (Å²) < 4.78 is 0. The zero-order valence-electron chi connectivity index (χ0n) is 12.0. The van der Waals surface area contributed by atoms with Gasteiger partial charge in [0.05, 0.1) is 16.9 Å². The molecule has 0 spiro atoms. The maximum absolute atomic E-state index is 10.9. The topological polar surface area (TPSA) is 79.5 Å². The molecule has 5 nitrogen and oxygen atoms in total. The minimum Gasteiger partial charge on any atom is -0.478 e. The summed E-state index contributed by atoms with van der Waals surface area (Å²) in [6.07, 6.45) is 2.59. The molecule has 0 aliphatic heterocycles. The molecule has 1 aromatic heterocycles. The molecule has 1 heterocycles. The Balaban J connectivity index is 2.12. The predicted molar refractivity (Wildman–Crippen MR) is 83.6 cm³/mol. The molecule has 0 saturated heterocycles. The molecule has 21 heavy (non-hydrogen) atoms. The fourth-order valence-corrected chi connectivity index (χ4v) is 2.22. The van der Waals surface area contributed by atoms with Crippen LogP contribution in [-0.4, -0.2) is 29.1 Å². The summed E-state index contributed by atoms with van der Waals surface area (Å²) in [5.41, 5.74) is 8.56. The van der Waals surface area contributed by atoms with Crippen LogP contribution in [0.4, 0.5) is 11.4 Å². The number of carboxylic acids is 1. The number of pyridine rings is 1. The van der Waals surface area contributed by atoms with E-state index in [0.29, 0.717) is 5.69 Å². The molecule has 5 heteroatoms. The van der Waals surface area contributed by atoms with Gasteiger partial charge in [-0.05, 0) is 37.3 Å². The second-order valence-corrected chi connectivity index (χ2v) is 4.73. The van der Waals surface area contributed by atoms with Gasteiger partial charge < -0.3 is 15.7 Å². The summed E-state index contributed by atoms with van der Waals surface area (Å²) in [4.78, 5) is 17.4. The minimum atomic E-state index is -0.968. The van der Waals surface area contributed by atoms with Crippen LogP contribution in [0.1, 0.15) is 23.0 Å². The molecular formula is C16H19N3O2. The van der Waals surface area contributed by atoms with Crippen molar-refractivity contribution in [3.63, 3.8) is 0 Å². The maximum atomic E-state index is 10.9. The molecule has 0 aliphatic rings. The molecule has 0 bridgehead atoms. The van der Waals surface area contributed by atoms with E-state index in [2.05, 4.69) is 9.88 Å². The molecule has 2 aromatic rings. The predicted octanol–water partition coefficient (Wildman–Crippen LogP) is 2.43. The Labute approximate surface area is 124 Å². The number of nitrogens with zero attached hydrogens (tertiary/aromatic N) is 2. The maximum Gasteiger partial charge on any atom is 0.335 e. The van der Waals surface area contributed by atoms with E-state index in [1.165, 1.54) is 6.07 Å². The highest BCUT2D eigenvalue weighted by atomic mass is 16.4. The number of hydrogen-bond acceptors (Lipinski definition) is 4. The number of benzene rings is 1. The van der Waals surface area contributed by atoms with Crippen molar-refractivity contribution >= 4 is 17.3 Å². The Morgan fingerprint density at radius 2 is 2.14 bits per heavy atom. The van der Waals surface area contributed by atoms with Gasteiger partial charge in [0, 0.05) is 31.4 Å². The van der Waals surface area contributed by atoms with Crippen molar-refractivity contribution in [1.29, 1.82) is 0 Å². The molecule has 0 amide bonds. The summed E-state index contributed by atoms with van der Waals surface area (Å²) in [6, 6.07) is 10.7. The lowest BCUT2D eigenvalue weighted by atomic mass is 10.1. The standard InChI is InChI=1S/C16H19N3O2/c1-2-19(10-8-13-5-3-4-9-18-13)15-7-6-12(16(20)21)11-14(15)17/h3-7,9,11H,2,8,10,17H2,1H3,(H,20,21). The van der Waals surface area contributed by atoms with Gasteiger partial charge in [0.1, 0.15) is 0 Å². The fraction of sp³-hybridized carbons (Fsp3) is 0.250. The van der Waals surface area contributed by atoms with Crippen LogP contribution in [0.3, 0.4) is 0 Å². The number of aromatic nitrogens is 1. The average Bonchev–Trinajstić information content (AvgIpc) is 2.50. The van der Waals surface area contributed by atoms with Gasteiger partial charge in [-0.2, -0.15) is 0 Å². The smallest absolute Gasteiger partial charge is 0.335 e. The van der Waals surface area contributed by atoms with Crippen molar-refractivity contribution in [2.75, 3.05) is 23.7 Å². The Morgan fingerprint density at radius 1 is 1.33 bits per heavy atom. The number of hydrogen-bond donors (Lipinski definition) is 2. The summed E-state index contributed by atoms with van der Waals surface area (Å²) in [6.45, 7) is 3.62. The minimum absolute atomic E-state index is 0.206. The molecule has 3 N–H and O–H groups in total. The largest absolute Gasteiger partial charge is 0.478 e. The molecule has 0 unspecified atom stereocenters. The Morgan fingerprint density at radius 3 is 2.71 bits per heavy atom. The number of carboxylic acid groups (broad SMARTS) is 1. The summed E-state index contributed by atoms with van der Waals surface area (Å²) >= 11 is 0. The fourth-order valence-electron chi connectivity index (χ4n) is 2.22. The third-order valence-corrected chi connectivity index (χ3v) is 3.36. The lowest BCUT2D eigenvalue weighted by Gasteiger charge is -2.24. The first-order valence-corrected chi connectivity index (χ1v) is 6.89. The number of aromatic carboxylic acids is 1. The number of nitrogens with two attached hydrogens (primary N) is 1. The molecular weight excluding hydrogens is 266 g/mol. The van der Waals surface area contributed by atoms with Crippen LogP contribution in [0.2, 0.25) is 0 Å². The van der Waals surface area contributed by atoms with Gasteiger partial charge in [0.2, 0.25) is 0 Å². The highest BCUT2D eigenvalue weighted by Gasteiger charge is 2.11. The zero-order chi connectivity index (χ0) is 15.2. The highest BCUT2D eigenvalue weighted by molar-refractivity contribution is 5.90. The normalized spacial score (nSPS) is 10.3. The first-order chi connectivity index (χ1) is 10.1. The Kier molecular flexibility index (Phi) is 4.77. The lowest BCUT2D eigenvalue weighted by molar-refractivity contribution is 0.0697. The molecule has 0 aliphatic carbocycles. The number of rotatable bonds is 6. The molecule has 110 valence electrons. The number of likely N-dealkylation sites (N-methyl/N-ethyl adjacent to an activating group) is 1. The molecule has 0 fully saturated rings. The van der Waals surface area contributed by atoms with E-state index in [1.807, 2.05) is 25.1 Å². The van der Waals surface area contributed by atoms with Gasteiger partial charge >= 0.3 is 5.97 Å². The van der Waals surface area contributed by atoms with E-state index in [1.54, 1.807) is 18.3 Å². The van der Waals surface area contributed by atoms with Gasteiger partial charge in [-0.3, -0.25) is 4.98 Å².